The van der Waals surface area contributed by atoms with E-state index >= 15 is 0 Å². The molecule has 0 atom stereocenters. The Morgan fingerprint density at radius 2 is 2.11 bits per heavy atom. The highest BCUT2D eigenvalue weighted by molar-refractivity contribution is 7.12. The summed E-state index contributed by atoms with van der Waals surface area (Å²) < 4.78 is 10.6. The molecule has 2 rings (SSSR count). The molecule has 19 heavy (non-hydrogen) atoms. The van der Waals surface area contributed by atoms with Crippen molar-refractivity contribution in [2.75, 3.05) is 19.5 Å². The molecular weight excluding hydrogens is 262 g/mol. The molecule has 1 heterocycles. The molecule has 1 aromatic heterocycles. The van der Waals surface area contributed by atoms with Gasteiger partial charge in [0, 0.05) is 5.69 Å². The molecule has 0 spiro atoms. The number of hydrogen-bond acceptors (Lipinski definition) is 5. The van der Waals surface area contributed by atoms with E-state index in [-0.39, 0.29) is 5.78 Å². The third kappa shape index (κ3) is 2.56. The van der Waals surface area contributed by atoms with Crippen LogP contribution in [0.3, 0.4) is 0 Å². The number of nitrogens with two attached hydrogens (primary N) is 1. The maximum Gasteiger partial charge on any atom is 0.212 e. The average Bonchev–Trinajstić information content (AvgIpc) is 2.87. The number of benzene rings is 1. The molecule has 100 valence electrons. The first-order valence-corrected chi connectivity index (χ1v) is 6.74. The molecule has 0 amide bonds. The fourth-order valence-corrected chi connectivity index (χ4v) is 2.61. The van der Waals surface area contributed by atoms with Gasteiger partial charge in [0.05, 0.1) is 19.3 Å². The highest BCUT2D eigenvalue weighted by Crippen LogP contribution is 2.33. The van der Waals surface area contributed by atoms with Crippen LogP contribution in [0.15, 0.2) is 29.6 Å². The summed E-state index contributed by atoms with van der Waals surface area (Å²) in [5.41, 5.74) is 6.72. The van der Waals surface area contributed by atoms with Crippen LogP contribution in [0, 0.1) is 0 Å². The maximum atomic E-state index is 12.6. The molecular formula is C14H15NO3S. The molecule has 0 bridgehead atoms. The van der Waals surface area contributed by atoms with Crippen molar-refractivity contribution in [3.8, 4) is 11.5 Å². The summed E-state index contributed by atoms with van der Waals surface area (Å²) in [5.74, 6) is 0.886. The first kappa shape index (κ1) is 13.4. The van der Waals surface area contributed by atoms with Crippen LogP contribution in [0.25, 0.3) is 0 Å². The van der Waals surface area contributed by atoms with Crippen LogP contribution in [0.2, 0.25) is 0 Å². The van der Waals surface area contributed by atoms with E-state index in [4.69, 9.17) is 15.2 Å². The zero-order chi connectivity index (χ0) is 13.8. The topological polar surface area (TPSA) is 61.5 Å². The van der Waals surface area contributed by atoms with Crippen LogP contribution < -0.4 is 15.2 Å². The maximum absolute atomic E-state index is 12.6. The van der Waals surface area contributed by atoms with Crippen molar-refractivity contribution in [2.24, 2.45) is 0 Å². The van der Waals surface area contributed by atoms with Crippen molar-refractivity contribution in [3.05, 3.63) is 40.1 Å². The van der Waals surface area contributed by atoms with E-state index in [0.29, 0.717) is 34.2 Å². The van der Waals surface area contributed by atoms with Gasteiger partial charge in [-0.2, -0.15) is 0 Å². The Morgan fingerprint density at radius 3 is 2.79 bits per heavy atom. The Labute approximate surface area is 115 Å². The largest absolute Gasteiger partial charge is 0.495 e. The van der Waals surface area contributed by atoms with E-state index in [9.17, 15) is 4.79 Å². The summed E-state index contributed by atoms with van der Waals surface area (Å²) in [4.78, 5) is 13.1. The quantitative estimate of drug-likeness (QED) is 0.674. The number of nitrogen functional groups attached to an aromatic ring is 1. The van der Waals surface area contributed by atoms with Crippen LogP contribution in [0.4, 0.5) is 5.69 Å². The van der Waals surface area contributed by atoms with Gasteiger partial charge in [0.15, 0.2) is 0 Å². The summed E-state index contributed by atoms with van der Waals surface area (Å²) in [5, 5.41) is 1.81. The molecule has 0 aliphatic carbocycles. The number of ketones is 1. The van der Waals surface area contributed by atoms with Crippen molar-refractivity contribution in [2.45, 2.75) is 6.92 Å². The van der Waals surface area contributed by atoms with E-state index in [0.717, 1.165) is 0 Å². The van der Waals surface area contributed by atoms with Gasteiger partial charge in [-0.25, -0.2) is 0 Å². The highest BCUT2D eigenvalue weighted by atomic mass is 32.1. The lowest BCUT2D eigenvalue weighted by Crippen LogP contribution is -2.08. The number of thiophene rings is 1. The van der Waals surface area contributed by atoms with E-state index in [1.807, 2.05) is 12.3 Å². The van der Waals surface area contributed by atoms with Gasteiger partial charge in [-0.15, -0.1) is 11.3 Å². The molecule has 2 aromatic rings. The summed E-state index contributed by atoms with van der Waals surface area (Å²) in [6.45, 7) is 2.34. The molecule has 2 N–H and O–H groups in total. The second kappa shape index (κ2) is 5.75. The Morgan fingerprint density at radius 1 is 1.32 bits per heavy atom. The van der Waals surface area contributed by atoms with Gasteiger partial charge < -0.3 is 15.2 Å². The van der Waals surface area contributed by atoms with Gasteiger partial charge in [-0.3, -0.25) is 4.79 Å². The number of carbonyl (C=O) groups excluding carboxylic acids is 1. The predicted octanol–water partition coefficient (Wildman–Crippen LogP) is 2.97. The van der Waals surface area contributed by atoms with Gasteiger partial charge >= 0.3 is 0 Å². The molecule has 0 unspecified atom stereocenters. The zero-order valence-corrected chi connectivity index (χ0v) is 11.6. The van der Waals surface area contributed by atoms with E-state index in [2.05, 4.69) is 0 Å². The Hall–Kier alpha value is -2.01. The van der Waals surface area contributed by atoms with Gasteiger partial charge in [-0.05, 0) is 30.5 Å². The van der Waals surface area contributed by atoms with Crippen molar-refractivity contribution in [3.63, 3.8) is 0 Å². The average molecular weight is 277 g/mol. The minimum Gasteiger partial charge on any atom is -0.495 e. The van der Waals surface area contributed by atoms with Gasteiger partial charge in [-0.1, -0.05) is 6.07 Å². The molecule has 1 aromatic carbocycles. The van der Waals surface area contributed by atoms with Crippen molar-refractivity contribution in [1.29, 1.82) is 0 Å². The fraction of sp³-hybridized carbons (Fsp3) is 0.214. The Kier molecular flexibility index (Phi) is 4.06. The number of carbonyl (C=O) groups is 1. The third-order valence-electron chi connectivity index (χ3n) is 2.64. The number of hydrogen-bond donors (Lipinski definition) is 1. The molecule has 0 saturated heterocycles. The molecule has 0 radical (unpaired) electrons. The summed E-state index contributed by atoms with van der Waals surface area (Å²) >= 11 is 1.33. The normalized spacial score (nSPS) is 10.2. The SMILES string of the molecule is CCOc1cccc(N)c1C(=O)c1sccc1OC. The van der Waals surface area contributed by atoms with Crippen LogP contribution in [0.5, 0.6) is 11.5 Å². The van der Waals surface area contributed by atoms with Crippen LogP contribution in [0.1, 0.15) is 22.2 Å². The third-order valence-corrected chi connectivity index (χ3v) is 3.54. The molecule has 4 nitrogen and oxygen atoms in total. The molecule has 0 aliphatic rings. The lowest BCUT2D eigenvalue weighted by atomic mass is 10.1. The number of anilines is 1. The van der Waals surface area contributed by atoms with Crippen molar-refractivity contribution >= 4 is 22.8 Å². The second-order valence-corrected chi connectivity index (χ2v) is 4.72. The Bertz CT molecular complexity index is 592. The lowest BCUT2D eigenvalue weighted by Gasteiger charge is -2.11. The van der Waals surface area contributed by atoms with Crippen LogP contribution in [-0.2, 0) is 0 Å². The summed E-state index contributed by atoms with van der Waals surface area (Å²) in [6, 6.07) is 6.96. The van der Waals surface area contributed by atoms with Crippen molar-refractivity contribution in [1.82, 2.24) is 0 Å². The van der Waals surface area contributed by atoms with E-state index in [1.165, 1.54) is 18.4 Å². The molecule has 0 aliphatic heterocycles. The van der Waals surface area contributed by atoms with Gasteiger partial charge in [0.1, 0.15) is 16.4 Å². The minimum atomic E-state index is -0.173. The van der Waals surface area contributed by atoms with Gasteiger partial charge in [0.25, 0.3) is 0 Å². The lowest BCUT2D eigenvalue weighted by molar-refractivity contribution is 0.103. The monoisotopic (exact) mass is 277 g/mol. The van der Waals surface area contributed by atoms with E-state index < -0.39 is 0 Å². The Balaban J connectivity index is 2.49. The van der Waals surface area contributed by atoms with Crippen molar-refractivity contribution < 1.29 is 14.3 Å². The first-order valence-electron chi connectivity index (χ1n) is 5.86. The fourth-order valence-electron chi connectivity index (χ4n) is 1.80. The minimum absolute atomic E-state index is 0.173. The first-order chi connectivity index (χ1) is 9.19. The zero-order valence-electron chi connectivity index (χ0n) is 10.8. The highest BCUT2D eigenvalue weighted by Gasteiger charge is 2.22. The van der Waals surface area contributed by atoms with Crippen LogP contribution >= 0.6 is 11.3 Å². The number of ether oxygens (including phenoxy) is 2. The number of rotatable bonds is 5. The molecule has 0 fully saturated rings. The van der Waals surface area contributed by atoms with Gasteiger partial charge in [0.2, 0.25) is 5.78 Å². The van der Waals surface area contributed by atoms with E-state index in [1.54, 1.807) is 24.3 Å². The smallest absolute Gasteiger partial charge is 0.212 e. The summed E-state index contributed by atoms with van der Waals surface area (Å²) in [7, 11) is 1.54. The van der Waals surface area contributed by atoms with Crippen LogP contribution in [-0.4, -0.2) is 19.5 Å². The molecule has 0 saturated carbocycles. The number of methoxy groups -OCH3 is 1. The summed E-state index contributed by atoms with van der Waals surface area (Å²) in [6.07, 6.45) is 0. The second-order valence-electron chi connectivity index (χ2n) is 3.80. The molecule has 5 heteroatoms. The standard InChI is InChI=1S/C14H15NO3S/c1-3-18-10-6-4-5-9(15)12(10)13(16)14-11(17-2)7-8-19-14/h4-8H,3,15H2,1-2H3. The predicted molar refractivity (Wildman–Crippen MR) is 76.3 cm³/mol.